The van der Waals surface area contributed by atoms with Crippen molar-refractivity contribution in [2.75, 3.05) is 18.9 Å². The molecule has 0 spiro atoms. The van der Waals surface area contributed by atoms with Crippen molar-refractivity contribution < 1.29 is 42.5 Å². The summed E-state index contributed by atoms with van der Waals surface area (Å²) in [6, 6.07) is 15.1. The zero-order valence-electron chi connectivity index (χ0n) is 27.8. The second-order valence-corrected chi connectivity index (χ2v) is 13.8. The van der Waals surface area contributed by atoms with E-state index in [0.29, 0.717) is 18.4 Å². The van der Waals surface area contributed by atoms with Gasteiger partial charge in [0.05, 0.1) is 12.0 Å². The molecule has 19 heteroatoms. The minimum Gasteiger partial charge on any atom is -0.461 e. The van der Waals surface area contributed by atoms with E-state index in [1.54, 1.807) is 48.5 Å². The van der Waals surface area contributed by atoms with Crippen molar-refractivity contribution in [2.45, 2.75) is 75.1 Å². The number of imidazole rings is 1. The Labute approximate surface area is 295 Å². The van der Waals surface area contributed by atoms with Gasteiger partial charge in [-0.15, -0.1) is 0 Å². The summed E-state index contributed by atoms with van der Waals surface area (Å²) in [4.78, 5) is 36.6. The summed E-state index contributed by atoms with van der Waals surface area (Å²) in [5.41, 5.74) is 5.36. The average Bonchev–Trinajstić information content (AvgIpc) is 3.45. The van der Waals surface area contributed by atoms with Gasteiger partial charge in [0.2, 0.25) is 11.8 Å². The Balaban J connectivity index is 1.47. The lowest BCUT2D eigenvalue weighted by Gasteiger charge is -2.43. The van der Waals surface area contributed by atoms with Crippen LogP contribution in [0.3, 0.4) is 0 Å². The summed E-state index contributed by atoms with van der Waals surface area (Å²) in [5, 5.41) is 19.9. The fourth-order valence-corrected chi connectivity index (χ4v) is 7.25. The topological polar surface area (TPSA) is 213 Å². The molecule has 2 heterocycles. The second kappa shape index (κ2) is 16.1. The van der Waals surface area contributed by atoms with Gasteiger partial charge >= 0.3 is 13.7 Å². The molecule has 0 bridgehead atoms. The van der Waals surface area contributed by atoms with Gasteiger partial charge in [-0.3, -0.25) is 23.7 Å². The molecule has 3 unspecified atom stereocenters. The SMILES string of the molecule is [B]C([B])(OP(=O)(NC(C)C(=O)OC1CCCCC1)Oc1ccccc1)[C@](F)(CO)OC(CO)n1c(Cc2ccccc2)nc2c(=O)[nH]c(N)nc21. The first-order valence-corrected chi connectivity index (χ1v) is 17.8. The molecule has 4 aromatic rings. The van der Waals surface area contributed by atoms with Gasteiger partial charge in [0, 0.05) is 6.42 Å². The highest BCUT2D eigenvalue weighted by Gasteiger charge is 2.53. The normalized spacial score (nSPS) is 17.6. The first-order chi connectivity index (χ1) is 24.3. The first kappa shape index (κ1) is 38.2. The number of aromatic nitrogens is 4. The number of fused-ring (bicyclic) bond motifs is 1. The van der Waals surface area contributed by atoms with Crippen molar-refractivity contribution in [2.24, 2.45) is 0 Å². The van der Waals surface area contributed by atoms with E-state index in [1.807, 2.05) is 0 Å². The number of hydrogen-bond donors (Lipinski definition) is 5. The van der Waals surface area contributed by atoms with Crippen molar-refractivity contribution in [1.82, 2.24) is 24.6 Å². The molecular weight excluding hydrogens is 684 g/mol. The van der Waals surface area contributed by atoms with Gasteiger partial charge in [0.1, 0.15) is 46.0 Å². The lowest BCUT2D eigenvalue weighted by molar-refractivity contribution is -0.260. The molecule has 1 fully saturated rings. The number of benzene rings is 2. The van der Waals surface area contributed by atoms with E-state index in [0.717, 1.165) is 23.8 Å². The maximum atomic E-state index is 16.9. The molecule has 0 saturated heterocycles. The zero-order chi connectivity index (χ0) is 36.8. The molecule has 15 nitrogen and oxygen atoms in total. The van der Waals surface area contributed by atoms with Gasteiger partial charge in [0.15, 0.2) is 17.4 Å². The third kappa shape index (κ3) is 9.07. The number of halogens is 1. The molecule has 2 aromatic heterocycles. The van der Waals surface area contributed by atoms with Crippen LogP contribution in [0.2, 0.25) is 0 Å². The smallest absolute Gasteiger partial charge is 0.458 e. The van der Waals surface area contributed by atoms with Crippen LogP contribution in [0.1, 0.15) is 56.6 Å². The molecular formula is C32H38B2FN6O9P. The third-order valence-electron chi connectivity index (χ3n) is 8.18. The Kier molecular flexibility index (Phi) is 12.1. The number of esters is 1. The Bertz CT molecular complexity index is 1900. The quantitative estimate of drug-likeness (QED) is 0.0640. The molecule has 6 N–H and O–H groups in total. The Morgan fingerprint density at radius 3 is 2.39 bits per heavy atom. The fraction of sp³-hybridized carbons (Fsp3) is 0.438. The van der Waals surface area contributed by atoms with Gasteiger partial charge in [0.25, 0.3) is 5.56 Å². The number of aliphatic hydroxyl groups is 2. The molecule has 51 heavy (non-hydrogen) atoms. The fourth-order valence-electron chi connectivity index (χ4n) is 5.59. The number of para-hydroxylation sites is 1. The summed E-state index contributed by atoms with van der Waals surface area (Å²) in [7, 11) is 7.29. The third-order valence-corrected chi connectivity index (χ3v) is 9.88. The minimum atomic E-state index is -4.94. The molecule has 0 aliphatic heterocycles. The number of nitrogens with zero attached hydrogens (tertiary/aromatic N) is 3. The van der Waals surface area contributed by atoms with E-state index in [4.69, 9.17) is 39.9 Å². The van der Waals surface area contributed by atoms with Gasteiger partial charge in [-0.1, -0.05) is 55.0 Å². The molecule has 1 aliphatic rings. The van der Waals surface area contributed by atoms with E-state index in [9.17, 15) is 24.4 Å². The number of aliphatic hydroxyl groups excluding tert-OH is 2. The number of ether oxygens (including phenoxy) is 2. The van der Waals surface area contributed by atoms with Crippen LogP contribution in [-0.2, 0) is 29.8 Å². The summed E-state index contributed by atoms with van der Waals surface area (Å²) in [6.45, 7) is -1.29. The second-order valence-electron chi connectivity index (χ2n) is 12.2. The molecule has 268 valence electrons. The van der Waals surface area contributed by atoms with Crippen LogP contribution in [0.5, 0.6) is 5.75 Å². The Morgan fingerprint density at radius 1 is 1.12 bits per heavy atom. The van der Waals surface area contributed by atoms with Crippen molar-refractivity contribution in [1.29, 1.82) is 0 Å². The molecule has 1 aliphatic carbocycles. The standard InChI is InChI=1S/C32H38B2FN6O9P/c1-20(29(45)47-22-13-7-3-8-14-22)40-51(46,49-23-15-9-4-10-16-23)50-32(33,34)31(35,19-43)48-25(18-42)41-24(17-21-11-5-2-6-12-21)37-26-27(41)38-30(36)39-28(26)44/h2,4-6,9-12,15-16,20,22,25,42-43H,3,7-8,13-14,17-19H2,1H3,(H,40,46)(H3,36,38,39,44)/t20?,25?,31-,51?/m0/s1. The van der Waals surface area contributed by atoms with Crippen molar-refractivity contribution in [3.63, 3.8) is 0 Å². The lowest BCUT2D eigenvalue weighted by Crippen LogP contribution is -2.59. The highest BCUT2D eigenvalue weighted by molar-refractivity contribution is 7.52. The molecule has 1 saturated carbocycles. The largest absolute Gasteiger partial charge is 0.461 e. The Hall–Kier alpha value is -4.05. The number of carbonyl (C=O) groups is 1. The van der Waals surface area contributed by atoms with Crippen LogP contribution in [0.25, 0.3) is 11.2 Å². The van der Waals surface area contributed by atoms with Crippen molar-refractivity contribution >= 4 is 46.5 Å². The van der Waals surface area contributed by atoms with Gasteiger partial charge in [-0.2, -0.15) is 10.1 Å². The van der Waals surface area contributed by atoms with E-state index < -0.39 is 56.0 Å². The summed E-state index contributed by atoms with van der Waals surface area (Å²) >= 11 is 0. The predicted octanol–water partition coefficient (Wildman–Crippen LogP) is 2.51. The molecule has 2 aromatic carbocycles. The predicted molar refractivity (Wildman–Crippen MR) is 186 cm³/mol. The van der Waals surface area contributed by atoms with Crippen LogP contribution in [-0.4, -0.2) is 88.0 Å². The molecule has 5 rings (SSSR count). The first-order valence-electron chi connectivity index (χ1n) is 16.3. The number of nitrogen functional groups attached to an aromatic ring is 1. The van der Waals surface area contributed by atoms with Crippen molar-refractivity contribution in [3.05, 3.63) is 82.4 Å². The summed E-state index contributed by atoms with van der Waals surface area (Å²) in [5.74, 6) is -4.74. The monoisotopic (exact) mass is 722 g/mol. The van der Waals surface area contributed by atoms with Crippen LogP contribution in [0, 0.1) is 0 Å². The number of hydrogen-bond acceptors (Lipinski definition) is 12. The number of nitrogens with two attached hydrogens (primary N) is 1. The van der Waals surface area contributed by atoms with Crippen LogP contribution >= 0.6 is 7.75 Å². The molecule has 4 atom stereocenters. The van der Waals surface area contributed by atoms with Crippen LogP contribution in [0.15, 0.2) is 65.5 Å². The van der Waals surface area contributed by atoms with E-state index in [2.05, 4.69) is 20.0 Å². The van der Waals surface area contributed by atoms with E-state index >= 15 is 4.39 Å². The highest BCUT2D eigenvalue weighted by atomic mass is 31.2. The maximum absolute atomic E-state index is 16.9. The Morgan fingerprint density at radius 2 is 1.76 bits per heavy atom. The number of nitrogens with one attached hydrogen (secondary N) is 2. The summed E-state index contributed by atoms with van der Waals surface area (Å²) in [6.07, 6.45) is 2.01. The van der Waals surface area contributed by atoms with Gasteiger partial charge in [-0.25, -0.2) is 13.9 Å². The number of rotatable bonds is 16. The summed E-state index contributed by atoms with van der Waals surface area (Å²) < 4.78 is 54.4. The number of aromatic amines is 1. The number of alkyl halides is 1. The minimum absolute atomic E-state index is 0.0380. The van der Waals surface area contributed by atoms with Crippen molar-refractivity contribution in [3.8, 4) is 5.75 Å². The maximum Gasteiger partial charge on any atom is 0.458 e. The van der Waals surface area contributed by atoms with E-state index in [-0.39, 0.29) is 41.2 Å². The van der Waals surface area contributed by atoms with Crippen LogP contribution < -0.4 is 20.9 Å². The number of H-pyrrole nitrogens is 1. The highest BCUT2D eigenvalue weighted by Crippen LogP contribution is 2.50. The van der Waals surface area contributed by atoms with Gasteiger partial charge < -0.3 is 29.9 Å². The van der Waals surface area contributed by atoms with Crippen LogP contribution in [0.4, 0.5) is 10.3 Å². The van der Waals surface area contributed by atoms with Gasteiger partial charge in [-0.05, 0) is 50.3 Å². The number of carbonyl (C=O) groups excluding carboxylic acids is 1. The zero-order valence-corrected chi connectivity index (χ0v) is 28.7. The number of anilines is 1. The molecule has 4 radical (unpaired) electrons. The lowest BCUT2D eigenvalue weighted by atomic mass is 9.61. The average molecular weight is 722 g/mol. The molecule has 0 amide bonds. The van der Waals surface area contributed by atoms with E-state index in [1.165, 1.54) is 19.1 Å².